The predicted molar refractivity (Wildman–Crippen MR) is 160 cm³/mol. The van der Waals surface area contributed by atoms with Gasteiger partial charge in [0.05, 0.1) is 11.4 Å². The average molecular weight is 530 g/mol. The zero-order chi connectivity index (χ0) is 27.1. The van der Waals surface area contributed by atoms with Crippen molar-refractivity contribution in [1.82, 2.24) is 14.5 Å². The first-order valence-corrected chi connectivity index (χ1v) is 14.2. The van der Waals surface area contributed by atoms with Crippen LogP contribution in [0.25, 0.3) is 22.6 Å². The fourth-order valence-electron chi connectivity index (χ4n) is 5.05. The Morgan fingerprint density at radius 2 is 1.50 bits per heavy atom. The Kier molecular flexibility index (Phi) is 9.65. The second kappa shape index (κ2) is 13.1. The summed E-state index contributed by atoms with van der Waals surface area (Å²) in [6.45, 7) is 12.0. The van der Waals surface area contributed by atoms with Crippen molar-refractivity contribution >= 4 is 11.6 Å². The van der Waals surface area contributed by atoms with Gasteiger partial charge in [0.15, 0.2) is 0 Å². The van der Waals surface area contributed by atoms with Gasteiger partial charge in [-0.2, -0.15) is 0 Å². The molecule has 1 aromatic heterocycles. The van der Waals surface area contributed by atoms with Gasteiger partial charge in [-0.25, -0.2) is 4.98 Å². The Morgan fingerprint density at radius 1 is 0.842 bits per heavy atom. The third kappa shape index (κ3) is 6.67. The summed E-state index contributed by atoms with van der Waals surface area (Å²) >= 11 is 6.26. The van der Waals surface area contributed by atoms with E-state index in [1.165, 1.54) is 11.3 Å². The number of rotatable bonds is 12. The van der Waals surface area contributed by atoms with E-state index in [-0.39, 0.29) is 0 Å². The largest absolute Gasteiger partial charge is 0.507 e. The van der Waals surface area contributed by atoms with Gasteiger partial charge in [-0.3, -0.25) is 4.90 Å². The third-order valence-electron chi connectivity index (χ3n) is 7.12. The lowest BCUT2D eigenvalue weighted by molar-refractivity contribution is 0.246. The first-order valence-electron chi connectivity index (χ1n) is 13.8. The summed E-state index contributed by atoms with van der Waals surface area (Å²) in [6.07, 6.45) is 4.47. The van der Waals surface area contributed by atoms with Gasteiger partial charge >= 0.3 is 0 Å². The Hall–Kier alpha value is -3.08. The Bertz CT molecular complexity index is 1310. The summed E-state index contributed by atoms with van der Waals surface area (Å²) < 4.78 is 2.44. The summed E-state index contributed by atoms with van der Waals surface area (Å²) in [5.74, 6) is 1.41. The van der Waals surface area contributed by atoms with E-state index in [1.807, 2.05) is 26.0 Å². The average Bonchev–Trinajstić information content (AvgIpc) is 3.27. The molecule has 0 aliphatic heterocycles. The van der Waals surface area contributed by atoms with Crippen LogP contribution in [-0.4, -0.2) is 26.1 Å². The van der Waals surface area contributed by atoms with Crippen LogP contribution in [0.3, 0.4) is 0 Å². The van der Waals surface area contributed by atoms with Crippen LogP contribution in [0.4, 0.5) is 0 Å². The molecule has 4 rings (SSSR count). The SMILES string of the molecule is CCCCN(Cc1cc(C)c(O)c(C)c1)Cc1c(-c2ccc(Cl)cc2)nc(-c2ccccc2)n1CCCC. The summed E-state index contributed by atoms with van der Waals surface area (Å²) in [4.78, 5) is 7.80. The molecule has 4 aromatic rings. The van der Waals surface area contributed by atoms with Gasteiger partial charge in [0.25, 0.3) is 0 Å². The number of unbranched alkanes of at least 4 members (excludes halogenated alkanes) is 2. The van der Waals surface area contributed by atoms with E-state index < -0.39 is 0 Å². The van der Waals surface area contributed by atoms with E-state index in [1.54, 1.807) is 0 Å². The van der Waals surface area contributed by atoms with Gasteiger partial charge in [-0.15, -0.1) is 0 Å². The van der Waals surface area contributed by atoms with E-state index >= 15 is 0 Å². The van der Waals surface area contributed by atoms with Crippen LogP contribution in [0.15, 0.2) is 66.7 Å². The number of hydrogen-bond donors (Lipinski definition) is 1. The van der Waals surface area contributed by atoms with Crippen LogP contribution in [0.1, 0.15) is 61.9 Å². The lowest BCUT2D eigenvalue weighted by Crippen LogP contribution is -2.26. The lowest BCUT2D eigenvalue weighted by Gasteiger charge is -2.25. The molecular formula is C33H40ClN3O. The first-order chi connectivity index (χ1) is 18.4. The highest BCUT2D eigenvalue weighted by Gasteiger charge is 2.22. The van der Waals surface area contributed by atoms with Crippen molar-refractivity contribution in [3.05, 3.63) is 94.1 Å². The molecule has 0 fully saturated rings. The molecule has 0 amide bonds. The van der Waals surface area contributed by atoms with Crippen LogP contribution in [0.2, 0.25) is 5.02 Å². The third-order valence-corrected chi connectivity index (χ3v) is 7.37. The second-order valence-corrected chi connectivity index (χ2v) is 10.7. The van der Waals surface area contributed by atoms with E-state index in [0.717, 1.165) is 90.7 Å². The number of phenols is 1. The number of nitrogens with zero attached hydrogens (tertiary/aromatic N) is 3. The molecule has 0 unspecified atom stereocenters. The number of aryl methyl sites for hydroxylation is 2. The molecule has 0 spiro atoms. The summed E-state index contributed by atoms with van der Waals surface area (Å²) in [6, 6.07) is 22.8. The monoisotopic (exact) mass is 529 g/mol. The minimum absolute atomic E-state index is 0.393. The number of hydrogen-bond acceptors (Lipinski definition) is 3. The fraction of sp³-hybridized carbons (Fsp3) is 0.364. The molecule has 0 radical (unpaired) electrons. The summed E-state index contributed by atoms with van der Waals surface area (Å²) in [5.41, 5.74) is 7.57. The minimum Gasteiger partial charge on any atom is -0.507 e. The molecular weight excluding hydrogens is 490 g/mol. The molecule has 0 aliphatic carbocycles. The predicted octanol–water partition coefficient (Wildman–Crippen LogP) is 8.80. The van der Waals surface area contributed by atoms with Gasteiger partial charge in [0.1, 0.15) is 11.6 Å². The van der Waals surface area contributed by atoms with Crippen molar-refractivity contribution in [1.29, 1.82) is 0 Å². The van der Waals surface area contributed by atoms with E-state index in [0.29, 0.717) is 5.75 Å². The number of halogens is 1. The minimum atomic E-state index is 0.393. The number of phenolic OH excluding ortho intramolecular Hbond substituents is 1. The molecule has 1 N–H and O–H groups in total. The number of imidazole rings is 1. The highest BCUT2D eigenvalue weighted by atomic mass is 35.5. The van der Waals surface area contributed by atoms with Gasteiger partial charge in [0.2, 0.25) is 0 Å². The van der Waals surface area contributed by atoms with Gasteiger partial charge in [-0.1, -0.05) is 92.9 Å². The maximum atomic E-state index is 10.3. The van der Waals surface area contributed by atoms with E-state index in [9.17, 15) is 5.11 Å². The van der Waals surface area contributed by atoms with Crippen LogP contribution in [0, 0.1) is 13.8 Å². The highest BCUT2D eigenvalue weighted by molar-refractivity contribution is 6.30. The van der Waals surface area contributed by atoms with Crippen molar-refractivity contribution < 1.29 is 5.11 Å². The van der Waals surface area contributed by atoms with Crippen LogP contribution in [0.5, 0.6) is 5.75 Å². The van der Waals surface area contributed by atoms with Crippen LogP contribution < -0.4 is 0 Å². The maximum Gasteiger partial charge on any atom is 0.140 e. The second-order valence-electron chi connectivity index (χ2n) is 10.3. The van der Waals surface area contributed by atoms with Crippen molar-refractivity contribution in [2.45, 2.75) is 73.0 Å². The van der Waals surface area contributed by atoms with Gasteiger partial charge in [-0.05, 0) is 62.1 Å². The molecule has 0 atom stereocenters. The molecule has 3 aromatic carbocycles. The topological polar surface area (TPSA) is 41.3 Å². The van der Waals surface area contributed by atoms with Gasteiger partial charge < -0.3 is 9.67 Å². The molecule has 0 bridgehead atoms. The summed E-state index contributed by atoms with van der Waals surface area (Å²) in [7, 11) is 0. The van der Waals surface area contributed by atoms with Crippen LogP contribution >= 0.6 is 11.6 Å². The molecule has 38 heavy (non-hydrogen) atoms. The highest BCUT2D eigenvalue weighted by Crippen LogP contribution is 2.32. The Balaban J connectivity index is 1.81. The van der Waals surface area contributed by atoms with Crippen molar-refractivity contribution in [2.24, 2.45) is 0 Å². The number of aromatic nitrogens is 2. The molecule has 4 nitrogen and oxygen atoms in total. The van der Waals surface area contributed by atoms with E-state index in [2.05, 4.69) is 77.9 Å². The Morgan fingerprint density at radius 3 is 2.13 bits per heavy atom. The molecule has 1 heterocycles. The molecule has 0 saturated carbocycles. The smallest absolute Gasteiger partial charge is 0.140 e. The Labute approximate surface area is 232 Å². The zero-order valence-electron chi connectivity index (χ0n) is 23.2. The standard InChI is InChI=1S/C33H40ClN3O/c1-5-7-18-36(22-26-20-24(3)32(38)25(4)21-26)23-30-31(27-14-16-29(34)17-15-27)35-33(37(30)19-8-6-2)28-12-10-9-11-13-28/h9-17,20-21,38H,5-8,18-19,22-23H2,1-4H3. The van der Waals surface area contributed by atoms with Crippen LogP contribution in [-0.2, 0) is 19.6 Å². The fourth-order valence-corrected chi connectivity index (χ4v) is 5.18. The first kappa shape index (κ1) is 27.9. The lowest BCUT2D eigenvalue weighted by atomic mass is 10.0. The number of benzene rings is 3. The molecule has 0 aliphatic rings. The quantitative estimate of drug-likeness (QED) is 0.199. The van der Waals surface area contributed by atoms with Crippen molar-refractivity contribution in [2.75, 3.05) is 6.54 Å². The van der Waals surface area contributed by atoms with Crippen molar-refractivity contribution in [3.8, 4) is 28.4 Å². The maximum absolute atomic E-state index is 10.3. The molecule has 200 valence electrons. The zero-order valence-corrected chi connectivity index (χ0v) is 23.9. The van der Waals surface area contributed by atoms with Gasteiger partial charge in [0, 0.05) is 35.8 Å². The molecule has 0 saturated heterocycles. The number of aromatic hydroxyl groups is 1. The normalized spacial score (nSPS) is 11.4. The summed E-state index contributed by atoms with van der Waals surface area (Å²) in [5, 5.41) is 11.0. The molecule has 5 heteroatoms. The van der Waals surface area contributed by atoms with E-state index in [4.69, 9.17) is 16.6 Å². The van der Waals surface area contributed by atoms with Crippen molar-refractivity contribution in [3.63, 3.8) is 0 Å².